The summed E-state index contributed by atoms with van der Waals surface area (Å²) in [4.78, 5) is 14.5. The van der Waals surface area contributed by atoms with Gasteiger partial charge in [-0.25, -0.2) is 0 Å². The molecule has 1 saturated carbocycles. The number of aliphatic hydroxyl groups excluding tert-OH is 1. The zero-order valence-electron chi connectivity index (χ0n) is 12.7. The molecule has 0 aromatic carbocycles. The van der Waals surface area contributed by atoms with Crippen LogP contribution in [0.4, 0.5) is 0 Å². The molecule has 0 radical (unpaired) electrons. The predicted molar refractivity (Wildman–Crippen MR) is 82.7 cm³/mol. The van der Waals surface area contributed by atoms with E-state index in [0.29, 0.717) is 6.61 Å². The molecular weight excluding hydrogens is 286 g/mol. The summed E-state index contributed by atoms with van der Waals surface area (Å²) in [5, 5.41) is 14.1. The minimum absolute atomic E-state index is 0.115. The first-order chi connectivity index (χ1) is 10.1. The quantitative estimate of drug-likeness (QED) is 0.933. The van der Waals surface area contributed by atoms with Gasteiger partial charge in [0.1, 0.15) is 0 Å². The van der Waals surface area contributed by atoms with E-state index in [1.165, 1.54) is 0 Å². The lowest BCUT2D eigenvalue weighted by atomic mass is 9.58. The fourth-order valence-electron chi connectivity index (χ4n) is 3.69. The lowest BCUT2D eigenvalue weighted by molar-refractivity contribution is -0.207. The molecule has 1 amide bonds. The number of carbonyl (C=O) groups is 1. The zero-order valence-corrected chi connectivity index (χ0v) is 13.5. The predicted octanol–water partition coefficient (Wildman–Crippen LogP) is 2.45. The Kier molecular flexibility index (Phi) is 4.08. The molecule has 1 aromatic rings. The number of aryl methyl sites for hydroxylation is 1. The van der Waals surface area contributed by atoms with Crippen LogP contribution in [0.25, 0.3) is 0 Å². The van der Waals surface area contributed by atoms with Gasteiger partial charge in [0.05, 0.1) is 17.8 Å². The number of amides is 1. The van der Waals surface area contributed by atoms with Crippen molar-refractivity contribution in [1.29, 1.82) is 0 Å². The van der Waals surface area contributed by atoms with Crippen molar-refractivity contribution in [2.45, 2.75) is 45.3 Å². The van der Waals surface area contributed by atoms with Crippen molar-refractivity contribution in [3.63, 3.8) is 0 Å². The number of hydrogen-bond donors (Lipinski definition) is 1. The summed E-state index contributed by atoms with van der Waals surface area (Å²) in [6, 6.07) is 0. The van der Waals surface area contributed by atoms with Gasteiger partial charge in [-0.3, -0.25) is 4.79 Å². The summed E-state index contributed by atoms with van der Waals surface area (Å²) in [5.41, 5.74) is 1.77. The van der Waals surface area contributed by atoms with Crippen molar-refractivity contribution in [3.05, 3.63) is 21.9 Å². The van der Waals surface area contributed by atoms with E-state index in [1.54, 1.807) is 11.3 Å². The standard InChI is InChI=1S/C16H23NO3S/c1-3-20-14-8-13(18)16(14)4-6-17(7-5-16)15(19)12-10-21-9-11(12)2/h9-10,13-14,18H,3-8H2,1-2H3/t13-,14-/m0/s1. The number of thiophene rings is 1. The average Bonchev–Trinajstić information content (AvgIpc) is 2.92. The number of ether oxygens (including phenoxy) is 1. The van der Waals surface area contributed by atoms with Crippen molar-refractivity contribution in [2.24, 2.45) is 5.41 Å². The zero-order chi connectivity index (χ0) is 15.0. The first-order valence-corrected chi connectivity index (χ1v) is 8.64. The third-order valence-corrected chi connectivity index (χ3v) is 6.04. The van der Waals surface area contributed by atoms with Crippen molar-refractivity contribution in [3.8, 4) is 0 Å². The second-order valence-corrected chi connectivity index (χ2v) is 6.93. The van der Waals surface area contributed by atoms with E-state index in [0.717, 1.165) is 43.5 Å². The summed E-state index contributed by atoms with van der Waals surface area (Å²) in [7, 11) is 0. The molecule has 2 atom stereocenters. The third-order valence-electron chi connectivity index (χ3n) is 5.18. The number of likely N-dealkylation sites (tertiary alicyclic amines) is 1. The number of hydrogen-bond acceptors (Lipinski definition) is 4. The van der Waals surface area contributed by atoms with E-state index in [2.05, 4.69) is 0 Å². The maximum Gasteiger partial charge on any atom is 0.254 e. The SMILES string of the molecule is CCO[C@H]1C[C@H](O)C12CCN(C(=O)c1cscc1C)CC2. The van der Waals surface area contributed by atoms with Crippen LogP contribution in [0.1, 0.15) is 42.1 Å². The molecular formula is C16H23NO3S. The van der Waals surface area contributed by atoms with Crippen LogP contribution in [0, 0.1) is 12.3 Å². The molecule has 1 spiro atoms. The Hall–Kier alpha value is -0.910. The van der Waals surface area contributed by atoms with Gasteiger partial charge in [-0.15, -0.1) is 0 Å². The van der Waals surface area contributed by atoms with Gasteiger partial charge in [-0.2, -0.15) is 11.3 Å². The molecule has 2 aliphatic rings. The van der Waals surface area contributed by atoms with Crippen molar-refractivity contribution < 1.29 is 14.6 Å². The number of piperidine rings is 1. The largest absolute Gasteiger partial charge is 0.392 e. The highest BCUT2D eigenvalue weighted by atomic mass is 32.1. The number of carbonyl (C=O) groups excluding carboxylic acids is 1. The van der Waals surface area contributed by atoms with Gasteiger partial charge in [0.15, 0.2) is 0 Å². The minimum Gasteiger partial charge on any atom is -0.392 e. The second-order valence-electron chi connectivity index (χ2n) is 6.19. The number of aliphatic hydroxyl groups is 1. The first kappa shape index (κ1) is 15.0. The lowest BCUT2D eigenvalue weighted by Crippen LogP contribution is -2.62. The van der Waals surface area contributed by atoms with Crippen LogP contribution >= 0.6 is 11.3 Å². The molecule has 3 rings (SSSR count). The lowest BCUT2D eigenvalue weighted by Gasteiger charge is -2.56. The van der Waals surface area contributed by atoms with Crippen LogP contribution in [0.3, 0.4) is 0 Å². The van der Waals surface area contributed by atoms with E-state index in [-0.39, 0.29) is 23.5 Å². The highest BCUT2D eigenvalue weighted by Crippen LogP contribution is 2.51. The van der Waals surface area contributed by atoms with Crippen molar-refractivity contribution in [1.82, 2.24) is 4.90 Å². The van der Waals surface area contributed by atoms with E-state index >= 15 is 0 Å². The Morgan fingerprint density at radius 2 is 2.19 bits per heavy atom. The molecule has 4 nitrogen and oxygen atoms in total. The Morgan fingerprint density at radius 1 is 1.48 bits per heavy atom. The Morgan fingerprint density at radius 3 is 2.71 bits per heavy atom. The maximum absolute atomic E-state index is 12.5. The smallest absolute Gasteiger partial charge is 0.254 e. The van der Waals surface area contributed by atoms with Gasteiger partial charge in [0, 0.05) is 36.9 Å². The Labute approximate surface area is 129 Å². The van der Waals surface area contributed by atoms with E-state index in [1.807, 2.05) is 29.5 Å². The molecule has 0 bridgehead atoms. The Balaban J connectivity index is 1.65. The number of rotatable bonds is 3. The van der Waals surface area contributed by atoms with Crippen LogP contribution in [-0.2, 0) is 4.74 Å². The fourth-order valence-corrected chi connectivity index (χ4v) is 4.51. The Bertz CT molecular complexity index is 517. The van der Waals surface area contributed by atoms with Gasteiger partial charge in [-0.1, -0.05) is 0 Å². The summed E-state index contributed by atoms with van der Waals surface area (Å²) >= 11 is 1.57. The molecule has 1 aliphatic heterocycles. The second kappa shape index (κ2) is 5.71. The molecule has 1 saturated heterocycles. The van der Waals surface area contributed by atoms with Crippen LogP contribution < -0.4 is 0 Å². The van der Waals surface area contributed by atoms with Crippen LogP contribution in [0.2, 0.25) is 0 Å². The molecule has 5 heteroatoms. The highest BCUT2D eigenvalue weighted by molar-refractivity contribution is 7.08. The topological polar surface area (TPSA) is 49.8 Å². The highest BCUT2D eigenvalue weighted by Gasteiger charge is 2.56. The van der Waals surface area contributed by atoms with Gasteiger partial charge >= 0.3 is 0 Å². The normalized spacial score (nSPS) is 27.7. The van der Waals surface area contributed by atoms with Crippen LogP contribution in [0.5, 0.6) is 0 Å². The maximum atomic E-state index is 12.5. The van der Waals surface area contributed by atoms with Gasteiger partial charge in [0.2, 0.25) is 0 Å². The van der Waals surface area contributed by atoms with Gasteiger partial charge < -0.3 is 14.7 Å². The summed E-state index contributed by atoms with van der Waals surface area (Å²) in [6.07, 6.45) is 2.32. The van der Waals surface area contributed by atoms with Crippen molar-refractivity contribution >= 4 is 17.2 Å². The van der Waals surface area contributed by atoms with Gasteiger partial charge in [0.25, 0.3) is 5.91 Å². The van der Waals surface area contributed by atoms with E-state index in [4.69, 9.17) is 4.74 Å². The molecule has 0 unspecified atom stereocenters. The number of nitrogens with zero attached hydrogens (tertiary/aromatic N) is 1. The fraction of sp³-hybridized carbons (Fsp3) is 0.688. The molecule has 1 N–H and O–H groups in total. The average molecular weight is 309 g/mol. The van der Waals surface area contributed by atoms with Crippen LogP contribution in [-0.4, -0.2) is 47.8 Å². The minimum atomic E-state index is -0.269. The molecule has 116 valence electrons. The molecule has 2 heterocycles. The third kappa shape index (κ3) is 2.41. The van der Waals surface area contributed by atoms with Gasteiger partial charge in [-0.05, 0) is 37.6 Å². The van der Waals surface area contributed by atoms with E-state index < -0.39 is 0 Å². The van der Waals surface area contributed by atoms with E-state index in [9.17, 15) is 9.90 Å². The molecule has 2 fully saturated rings. The molecule has 1 aliphatic carbocycles. The summed E-state index contributed by atoms with van der Waals surface area (Å²) in [5.74, 6) is 0.130. The van der Waals surface area contributed by atoms with Crippen molar-refractivity contribution in [2.75, 3.05) is 19.7 Å². The molecule has 21 heavy (non-hydrogen) atoms. The van der Waals surface area contributed by atoms with Crippen LogP contribution in [0.15, 0.2) is 10.8 Å². The monoisotopic (exact) mass is 309 g/mol. The summed E-state index contributed by atoms with van der Waals surface area (Å²) < 4.78 is 5.77. The first-order valence-electron chi connectivity index (χ1n) is 7.70. The summed E-state index contributed by atoms with van der Waals surface area (Å²) in [6.45, 7) is 6.10. The molecule has 1 aromatic heterocycles.